The second kappa shape index (κ2) is 8.27. The van der Waals surface area contributed by atoms with E-state index in [0.717, 1.165) is 23.9 Å². The second-order valence-electron chi connectivity index (χ2n) is 9.21. The molecule has 33 heavy (non-hydrogen) atoms. The number of nitrogens with zero attached hydrogens (tertiary/aromatic N) is 5. The number of aromatic nitrogens is 6. The molecule has 0 atom stereocenters. The monoisotopic (exact) mass is 446 g/mol. The summed E-state index contributed by atoms with van der Waals surface area (Å²) in [5, 5.41) is 21.8. The zero-order valence-electron chi connectivity index (χ0n) is 18.6. The first kappa shape index (κ1) is 21.0. The molecule has 1 aliphatic carbocycles. The number of carbonyl (C=O) groups is 2. The molecule has 2 amide bonds. The number of fused-ring (bicyclic) bond motifs is 2. The van der Waals surface area contributed by atoms with Gasteiger partial charge in [0, 0.05) is 23.7 Å². The van der Waals surface area contributed by atoms with Gasteiger partial charge in [-0.15, -0.1) is 0 Å². The first-order chi connectivity index (χ1) is 15.9. The molecule has 0 aliphatic heterocycles. The molecule has 4 aromatic rings. The van der Waals surface area contributed by atoms with Crippen LogP contribution in [0.25, 0.3) is 22.1 Å². The van der Waals surface area contributed by atoms with Crippen molar-refractivity contribution in [2.24, 2.45) is 0 Å². The van der Waals surface area contributed by atoms with E-state index in [1.54, 1.807) is 30.6 Å². The third kappa shape index (κ3) is 4.28. The molecule has 1 aromatic carbocycles. The number of nitrogens with one attached hydrogen (secondary N) is 3. The summed E-state index contributed by atoms with van der Waals surface area (Å²) in [5.74, 6) is -0.495. The van der Waals surface area contributed by atoms with E-state index in [0.29, 0.717) is 28.2 Å². The minimum absolute atomic E-state index is 0.246. The molecule has 0 spiro atoms. The Kier molecular flexibility index (Phi) is 5.27. The van der Waals surface area contributed by atoms with Gasteiger partial charge in [0.2, 0.25) is 0 Å². The maximum absolute atomic E-state index is 12.8. The van der Waals surface area contributed by atoms with E-state index in [1.807, 2.05) is 24.6 Å². The van der Waals surface area contributed by atoms with Gasteiger partial charge < -0.3 is 10.6 Å². The number of carbonyl (C=O) groups excluding carboxylic acids is 2. The Balaban J connectivity index is 1.22. The molecule has 1 aliphatic rings. The van der Waals surface area contributed by atoms with Gasteiger partial charge in [-0.25, -0.2) is 9.67 Å². The van der Waals surface area contributed by atoms with Crippen LogP contribution in [0, 0.1) is 0 Å². The van der Waals surface area contributed by atoms with Crippen LogP contribution in [0.3, 0.4) is 0 Å². The number of pyridine rings is 1. The van der Waals surface area contributed by atoms with Crippen LogP contribution in [0.2, 0.25) is 0 Å². The smallest absolute Gasteiger partial charge is 0.252 e. The molecule has 0 saturated heterocycles. The average molecular weight is 447 g/mol. The SMILES string of the molecule is CC(C)(CNC(=O)c1cnc2c(cnn2C2CCCC2)c1)NC(=O)c1ccc2n[nH]nc2c1. The summed E-state index contributed by atoms with van der Waals surface area (Å²) in [7, 11) is 0. The lowest BCUT2D eigenvalue weighted by molar-refractivity contribution is 0.0881. The topological polar surface area (TPSA) is 130 Å². The zero-order chi connectivity index (χ0) is 23.0. The number of amides is 2. The Labute approximate surface area is 190 Å². The van der Waals surface area contributed by atoms with Gasteiger partial charge in [0.15, 0.2) is 5.65 Å². The Bertz CT molecular complexity index is 1330. The first-order valence-electron chi connectivity index (χ1n) is 11.1. The summed E-state index contributed by atoms with van der Waals surface area (Å²) in [6.45, 7) is 3.96. The fourth-order valence-electron chi connectivity index (χ4n) is 4.29. The highest BCUT2D eigenvalue weighted by Gasteiger charge is 2.24. The van der Waals surface area contributed by atoms with Crippen molar-refractivity contribution < 1.29 is 9.59 Å². The van der Waals surface area contributed by atoms with Crippen molar-refractivity contribution in [1.82, 2.24) is 40.8 Å². The van der Waals surface area contributed by atoms with Crippen LogP contribution < -0.4 is 10.6 Å². The number of rotatable bonds is 6. The number of benzene rings is 1. The van der Waals surface area contributed by atoms with E-state index in [-0.39, 0.29) is 18.4 Å². The molecule has 3 N–H and O–H groups in total. The third-order valence-electron chi connectivity index (χ3n) is 6.09. The van der Waals surface area contributed by atoms with Crippen molar-refractivity contribution >= 4 is 33.9 Å². The van der Waals surface area contributed by atoms with Crippen LogP contribution in [0.15, 0.2) is 36.7 Å². The van der Waals surface area contributed by atoms with E-state index in [4.69, 9.17) is 0 Å². The van der Waals surface area contributed by atoms with E-state index >= 15 is 0 Å². The predicted octanol–water partition coefficient (Wildman–Crippen LogP) is 2.76. The largest absolute Gasteiger partial charge is 0.350 e. The maximum atomic E-state index is 12.8. The third-order valence-corrected chi connectivity index (χ3v) is 6.09. The summed E-state index contributed by atoms with van der Waals surface area (Å²) in [6, 6.07) is 7.32. The molecule has 3 aromatic heterocycles. The molecular formula is C23H26N8O2. The summed E-state index contributed by atoms with van der Waals surface area (Å²) >= 11 is 0. The minimum atomic E-state index is -0.670. The standard InChI is InChI=1S/C23H26N8O2/c1-23(2,27-22(33)14-7-8-18-19(10-14)29-30-28-18)13-25-21(32)16-9-15-12-26-31(20(15)24-11-16)17-5-3-4-6-17/h7-12,17H,3-6,13H2,1-2H3,(H,25,32)(H,27,33)(H,28,29,30). The molecule has 5 rings (SSSR count). The fraction of sp³-hybridized carbons (Fsp3) is 0.391. The first-order valence-corrected chi connectivity index (χ1v) is 11.1. The van der Waals surface area contributed by atoms with Gasteiger partial charge in [0.25, 0.3) is 11.8 Å². The number of hydrogen-bond acceptors (Lipinski definition) is 6. The Morgan fingerprint density at radius 1 is 1.06 bits per heavy atom. The predicted molar refractivity (Wildman–Crippen MR) is 123 cm³/mol. The van der Waals surface area contributed by atoms with E-state index in [2.05, 4.69) is 36.1 Å². The molecule has 10 nitrogen and oxygen atoms in total. The number of H-pyrrole nitrogens is 1. The van der Waals surface area contributed by atoms with E-state index in [9.17, 15) is 9.59 Å². The number of hydrogen-bond donors (Lipinski definition) is 3. The van der Waals surface area contributed by atoms with Crippen molar-refractivity contribution in [2.45, 2.75) is 51.1 Å². The fourth-order valence-corrected chi connectivity index (χ4v) is 4.29. The molecular weight excluding hydrogens is 420 g/mol. The maximum Gasteiger partial charge on any atom is 0.252 e. The highest BCUT2D eigenvalue weighted by Crippen LogP contribution is 2.31. The summed E-state index contributed by atoms with van der Waals surface area (Å²) in [5.41, 5.74) is 2.40. The van der Waals surface area contributed by atoms with Gasteiger partial charge in [-0.1, -0.05) is 12.8 Å². The van der Waals surface area contributed by atoms with Crippen molar-refractivity contribution in [1.29, 1.82) is 0 Å². The molecule has 0 unspecified atom stereocenters. The molecule has 1 saturated carbocycles. The lowest BCUT2D eigenvalue weighted by Gasteiger charge is -2.26. The highest BCUT2D eigenvalue weighted by atomic mass is 16.2. The lowest BCUT2D eigenvalue weighted by Crippen LogP contribution is -2.51. The average Bonchev–Trinajstić information content (AvgIpc) is 3.56. The van der Waals surface area contributed by atoms with Crippen molar-refractivity contribution in [2.75, 3.05) is 6.54 Å². The van der Waals surface area contributed by atoms with E-state index < -0.39 is 5.54 Å². The zero-order valence-corrected chi connectivity index (χ0v) is 18.6. The van der Waals surface area contributed by atoms with Crippen LogP contribution in [0.4, 0.5) is 0 Å². The molecule has 0 radical (unpaired) electrons. The van der Waals surface area contributed by atoms with Gasteiger partial charge >= 0.3 is 0 Å². The summed E-state index contributed by atoms with van der Waals surface area (Å²) < 4.78 is 1.99. The second-order valence-corrected chi connectivity index (χ2v) is 9.21. The molecule has 3 heterocycles. The molecule has 170 valence electrons. The minimum Gasteiger partial charge on any atom is -0.350 e. The van der Waals surface area contributed by atoms with Gasteiger partial charge in [-0.05, 0) is 51.0 Å². The quantitative estimate of drug-likeness (QED) is 0.417. The van der Waals surface area contributed by atoms with Crippen LogP contribution in [0.5, 0.6) is 0 Å². The van der Waals surface area contributed by atoms with Gasteiger partial charge in [0.05, 0.1) is 23.3 Å². The summed E-state index contributed by atoms with van der Waals surface area (Å²) in [6.07, 6.45) is 8.03. The van der Waals surface area contributed by atoms with Crippen LogP contribution in [0.1, 0.15) is 66.3 Å². The van der Waals surface area contributed by atoms with Crippen LogP contribution in [-0.2, 0) is 0 Å². The summed E-state index contributed by atoms with van der Waals surface area (Å²) in [4.78, 5) is 30.0. The van der Waals surface area contributed by atoms with E-state index in [1.165, 1.54) is 12.8 Å². The van der Waals surface area contributed by atoms with Gasteiger partial charge in [0.1, 0.15) is 11.0 Å². The number of aromatic amines is 1. The van der Waals surface area contributed by atoms with Gasteiger partial charge in [-0.2, -0.15) is 20.5 Å². The van der Waals surface area contributed by atoms with Crippen LogP contribution in [-0.4, -0.2) is 54.1 Å². The lowest BCUT2D eigenvalue weighted by atomic mass is 10.0. The highest BCUT2D eigenvalue weighted by molar-refractivity contribution is 5.98. The van der Waals surface area contributed by atoms with Gasteiger partial charge in [-0.3, -0.25) is 9.59 Å². The van der Waals surface area contributed by atoms with Crippen LogP contribution >= 0.6 is 0 Å². The van der Waals surface area contributed by atoms with Crippen molar-refractivity contribution in [3.8, 4) is 0 Å². The van der Waals surface area contributed by atoms with Crippen molar-refractivity contribution in [3.05, 3.63) is 47.8 Å². The Morgan fingerprint density at radius 3 is 2.67 bits per heavy atom. The molecule has 1 fully saturated rings. The molecule has 0 bridgehead atoms. The van der Waals surface area contributed by atoms with Crippen molar-refractivity contribution in [3.63, 3.8) is 0 Å². The normalized spacial score (nSPS) is 14.7. The Morgan fingerprint density at radius 2 is 1.85 bits per heavy atom. The Hall–Kier alpha value is -3.82. The molecule has 10 heteroatoms.